The first-order valence-corrected chi connectivity index (χ1v) is 16.0. The summed E-state index contributed by atoms with van der Waals surface area (Å²) >= 11 is 0. The van der Waals surface area contributed by atoms with Crippen molar-refractivity contribution >= 4 is 0 Å². The second kappa shape index (κ2) is 21.6. The fourth-order valence-electron chi connectivity index (χ4n) is 5.15. The van der Waals surface area contributed by atoms with E-state index < -0.39 is 0 Å². The van der Waals surface area contributed by atoms with Crippen molar-refractivity contribution in [3.63, 3.8) is 0 Å². The van der Waals surface area contributed by atoms with E-state index in [1.54, 1.807) is 0 Å². The fourth-order valence-corrected chi connectivity index (χ4v) is 5.15. The van der Waals surface area contributed by atoms with E-state index in [0.717, 1.165) is 31.3 Å². The Bertz CT molecular complexity index is 1320. The Kier molecular flexibility index (Phi) is 18.7. The molecule has 2 unspecified atom stereocenters. The summed E-state index contributed by atoms with van der Waals surface area (Å²) in [5.74, 6) is 0.830. The molecule has 2 atom stereocenters. The molecule has 0 aliphatic heterocycles. The number of aryl methyl sites for hydroxylation is 3. The molecule has 0 amide bonds. The maximum Gasteiger partial charge on any atom is 0.179 e. The average molecular weight is 592 g/mol. The quantitative estimate of drug-likeness (QED) is 0.177. The van der Waals surface area contributed by atoms with Gasteiger partial charge in [-0.1, -0.05) is 149 Å². The highest BCUT2D eigenvalue weighted by Crippen LogP contribution is 2.37. The summed E-state index contributed by atoms with van der Waals surface area (Å²) in [6.45, 7) is 31.5. The predicted octanol–water partition coefficient (Wildman–Crippen LogP) is 11.0. The van der Waals surface area contributed by atoms with Gasteiger partial charge < -0.3 is 10.1 Å². The van der Waals surface area contributed by atoms with Crippen LogP contribution in [0.5, 0.6) is 0 Å². The zero-order chi connectivity index (χ0) is 32.9. The molecule has 0 heterocycles. The molecule has 2 heteroatoms. The third-order valence-electron chi connectivity index (χ3n) is 7.37. The number of nitrogens with one attached hydrogen (secondary N) is 1. The molecule has 3 aromatic rings. The van der Waals surface area contributed by atoms with E-state index in [1.807, 2.05) is 19.1 Å². The first-order chi connectivity index (χ1) is 21.3. The molecule has 236 valence electrons. The lowest BCUT2D eigenvalue weighted by atomic mass is 9.98. The summed E-state index contributed by atoms with van der Waals surface area (Å²) in [6.07, 6.45) is 9.34. The van der Waals surface area contributed by atoms with Crippen molar-refractivity contribution in [2.24, 2.45) is 0 Å². The average Bonchev–Trinajstić information content (AvgIpc) is 3.39. The maximum atomic E-state index is 6.06. The fraction of sp³-hybridized carbons (Fsp3) is 0.333. The van der Waals surface area contributed by atoms with Gasteiger partial charge in [-0.15, -0.1) is 13.2 Å². The van der Waals surface area contributed by atoms with E-state index in [-0.39, 0.29) is 12.0 Å². The molecule has 0 bridgehead atoms. The van der Waals surface area contributed by atoms with E-state index in [9.17, 15) is 0 Å². The van der Waals surface area contributed by atoms with Crippen molar-refractivity contribution in [2.45, 2.75) is 85.6 Å². The van der Waals surface area contributed by atoms with Gasteiger partial charge in [-0.25, -0.2) is 0 Å². The van der Waals surface area contributed by atoms with Gasteiger partial charge in [-0.3, -0.25) is 0 Å². The molecule has 0 aromatic heterocycles. The monoisotopic (exact) mass is 591 g/mol. The van der Waals surface area contributed by atoms with Gasteiger partial charge in [-0.2, -0.15) is 0 Å². The molecule has 44 heavy (non-hydrogen) atoms. The van der Waals surface area contributed by atoms with E-state index in [1.165, 1.54) is 45.4 Å². The minimum absolute atomic E-state index is 0.0916. The zero-order valence-electron chi connectivity index (χ0n) is 28.4. The van der Waals surface area contributed by atoms with Gasteiger partial charge >= 0.3 is 0 Å². The van der Waals surface area contributed by atoms with Crippen LogP contribution in [0.25, 0.3) is 0 Å². The number of ether oxygens (including phenoxy) is 1. The molecular formula is C42H57NO. The molecule has 0 spiro atoms. The summed E-state index contributed by atoms with van der Waals surface area (Å²) in [6, 6.07) is 25.8. The van der Waals surface area contributed by atoms with Crippen molar-refractivity contribution in [3.8, 4) is 0 Å². The van der Waals surface area contributed by atoms with Crippen LogP contribution in [-0.4, -0.2) is 12.6 Å². The van der Waals surface area contributed by atoms with Crippen molar-refractivity contribution in [1.82, 2.24) is 5.32 Å². The summed E-state index contributed by atoms with van der Waals surface area (Å²) < 4.78 is 6.06. The number of allylic oxidation sites excluding steroid dienone is 2. The summed E-state index contributed by atoms with van der Waals surface area (Å²) in [5.41, 5.74) is 10.7. The molecule has 0 fully saturated rings. The van der Waals surface area contributed by atoms with E-state index in [4.69, 9.17) is 4.74 Å². The normalized spacial score (nSPS) is 14.2. The molecule has 1 N–H and O–H groups in total. The van der Waals surface area contributed by atoms with Crippen LogP contribution in [0.3, 0.4) is 0 Å². The highest BCUT2D eigenvalue weighted by Gasteiger charge is 2.27. The lowest BCUT2D eigenvalue weighted by molar-refractivity contribution is 0.179. The van der Waals surface area contributed by atoms with Gasteiger partial charge in [0.15, 0.2) is 5.88 Å². The molecule has 0 saturated carbocycles. The number of hydrogen-bond acceptors (Lipinski definition) is 2. The summed E-state index contributed by atoms with van der Waals surface area (Å²) in [4.78, 5) is 0. The Hall–Kier alpha value is -4.04. The third-order valence-corrected chi connectivity index (χ3v) is 7.37. The number of hydrogen-bond donors (Lipinski definition) is 1. The first-order valence-electron chi connectivity index (χ1n) is 16.0. The number of benzene rings is 3. The Balaban J connectivity index is 0.000000502. The minimum Gasteiger partial charge on any atom is -0.479 e. The second-order valence-electron chi connectivity index (χ2n) is 11.1. The topological polar surface area (TPSA) is 21.3 Å². The van der Waals surface area contributed by atoms with Gasteiger partial charge in [0.1, 0.15) is 6.61 Å². The van der Waals surface area contributed by atoms with Crippen LogP contribution >= 0.6 is 0 Å². The predicted molar refractivity (Wildman–Crippen MR) is 195 cm³/mol. The molecule has 1 aliphatic carbocycles. The van der Waals surface area contributed by atoms with Crippen LogP contribution in [0.2, 0.25) is 0 Å². The van der Waals surface area contributed by atoms with E-state index in [0.29, 0.717) is 12.5 Å². The van der Waals surface area contributed by atoms with Gasteiger partial charge in [-0.05, 0) is 73.9 Å². The molecule has 3 aromatic carbocycles. The van der Waals surface area contributed by atoms with Crippen LogP contribution in [0.1, 0.15) is 80.3 Å². The van der Waals surface area contributed by atoms with Gasteiger partial charge in [0.05, 0.1) is 6.04 Å². The first kappa shape index (κ1) is 38.0. The smallest absolute Gasteiger partial charge is 0.179 e. The molecule has 0 saturated heterocycles. The van der Waals surface area contributed by atoms with E-state index in [2.05, 4.69) is 146 Å². The second-order valence-corrected chi connectivity index (χ2v) is 11.1. The largest absolute Gasteiger partial charge is 0.479 e. The van der Waals surface area contributed by atoms with Gasteiger partial charge in [0, 0.05) is 5.92 Å². The van der Waals surface area contributed by atoms with E-state index >= 15 is 0 Å². The Labute approximate surface area is 270 Å². The minimum atomic E-state index is 0.0916. The lowest BCUT2D eigenvalue weighted by Gasteiger charge is -2.23. The molecule has 0 radical (unpaired) electrons. The van der Waals surface area contributed by atoms with Crippen LogP contribution in [0.15, 0.2) is 135 Å². The molecular weight excluding hydrogens is 534 g/mol. The van der Waals surface area contributed by atoms with Crippen molar-refractivity contribution in [1.29, 1.82) is 0 Å². The third kappa shape index (κ3) is 12.7. The van der Waals surface area contributed by atoms with Crippen molar-refractivity contribution in [3.05, 3.63) is 168 Å². The highest BCUT2D eigenvalue weighted by atomic mass is 16.5. The Morgan fingerprint density at radius 2 is 1.52 bits per heavy atom. The summed E-state index contributed by atoms with van der Waals surface area (Å²) in [7, 11) is 0. The summed E-state index contributed by atoms with van der Waals surface area (Å²) in [5, 5.41) is 3.40. The van der Waals surface area contributed by atoms with Crippen molar-refractivity contribution < 1.29 is 4.74 Å². The zero-order valence-corrected chi connectivity index (χ0v) is 28.4. The van der Waals surface area contributed by atoms with Gasteiger partial charge in [0.2, 0.25) is 0 Å². The van der Waals surface area contributed by atoms with Crippen LogP contribution < -0.4 is 5.32 Å². The Morgan fingerprint density at radius 1 is 0.909 bits per heavy atom. The SMILES string of the molecule is C=C.C=C/C=C1\Cc2ccccc2C1COC(=C)NC(Cc1ccccc1)C(=C)C.CCC.CCc1ccc(C)cc1CC. The lowest BCUT2D eigenvalue weighted by Crippen LogP contribution is -2.32. The number of rotatable bonds is 11. The standard InChI is InChI=1S/C26H29NO.C11H16.C3H8.C2H4/c1-5-11-22-17-23-14-9-10-15-24(23)25(22)18-28-20(4)27-26(19(2)3)16-21-12-7-6-8-13-21;1-4-10-7-6-9(3)8-11(10)5-2;1-3-2;1-2/h5-15,25-27H,1-2,4,16-18H2,3H3;6-8H,4-5H2,1-3H3;3H2,1-2H3;1-2H2/b22-11+;;;. The van der Waals surface area contributed by atoms with Crippen LogP contribution in [0, 0.1) is 6.92 Å². The Morgan fingerprint density at radius 3 is 2.11 bits per heavy atom. The molecule has 1 aliphatic rings. The van der Waals surface area contributed by atoms with Crippen LogP contribution in [0.4, 0.5) is 0 Å². The number of fused-ring (bicyclic) bond motifs is 1. The van der Waals surface area contributed by atoms with Crippen molar-refractivity contribution in [2.75, 3.05) is 6.61 Å². The van der Waals surface area contributed by atoms with Crippen LogP contribution in [-0.2, 0) is 30.4 Å². The van der Waals surface area contributed by atoms with Gasteiger partial charge in [0.25, 0.3) is 0 Å². The molecule has 2 nitrogen and oxygen atoms in total. The highest BCUT2D eigenvalue weighted by molar-refractivity contribution is 5.46. The maximum absolute atomic E-state index is 6.06. The molecule has 4 rings (SSSR count).